The van der Waals surface area contributed by atoms with Gasteiger partial charge in [-0.3, -0.25) is 4.90 Å². The third-order valence-corrected chi connectivity index (χ3v) is 3.03. The molecule has 0 unspecified atom stereocenters. The number of nitrogen functional groups attached to an aromatic ring is 1. The van der Waals surface area contributed by atoms with Crippen molar-refractivity contribution >= 4 is 16.5 Å². The van der Waals surface area contributed by atoms with Crippen LogP contribution in [0.1, 0.15) is 6.42 Å². The minimum Gasteiger partial charge on any atom is -0.469 e. The number of ether oxygens (including phenoxy) is 2. The molecule has 0 saturated carbocycles. The zero-order valence-electron chi connectivity index (χ0n) is 9.09. The molecule has 1 aromatic rings. The van der Waals surface area contributed by atoms with Crippen LogP contribution in [0.15, 0.2) is 0 Å². The molecule has 0 bridgehead atoms. The van der Waals surface area contributed by atoms with Crippen LogP contribution in [0, 0.1) is 0 Å². The van der Waals surface area contributed by atoms with Crippen LogP contribution in [-0.2, 0) is 4.74 Å². The number of morpholine rings is 1. The third-order valence-electron chi connectivity index (χ3n) is 2.37. The molecule has 2 rings (SSSR count). The second-order valence-corrected chi connectivity index (χ2v) is 4.53. The summed E-state index contributed by atoms with van der Waals surface area (Å²) in [5.41, 5.74) is 5.44. The Morgan fingerprint density at radius 1 is 1.38 bits per heavy atom. The van der Waals surface area contributed by atoms with Crippen LogP contribution in [-0.4, -0.2) is 54.6 Å². The first-order valence-electron chi connectivity index (χ1n) is 5.36. The van der Waals surface area contributed by atoms with E-state index in [1.54, 1.807) is 0 Å². The normalized spacial score (nSPS) is 17.5. The highest BCUT2D eigenvalue weighted by molar-refractivity contribution is 7.16. The molecule has 1 saturated heterocycles. The van der Waals surface area contributed by atoms with Gasteiger partial charge >= 0.3 is 0 Å². The molecule has 0 spiro atoms. The number of nitrogens with two attached hydrogens (primary N) is 1. The number of nitrogens with zero attached hydrogens (tertiary/aromatic N) is 3. The van der Waals surface area contributed by atoms with Crippen LogP contribution >= 0.6 is 11.3 Å². The first kappa shape index (κ1) is 11.6. The Labute approximate surface area is 98.4 Å². The van der Waals surface area contributed by atoms with E-state index in [1.807, 2.05) is 0 Å². The van der Waals surface area contributed by atoms with Crippen molar-refractivity contribution in [1.29, 1.82) is 0 Å². The summed E-state index contributed by atoms with van der Waals surface area (Å²) in [6, 6.07) is 0. The van der Waals surface area contributed by atoms with Crippen molar-refractivity contribution in [3.8, 4) is 5.19 Å². The summed E-state index contributed by atoms with van der Waals surface area (Å²) in [6.07, 6.45) is 0.986. The highest BCUT2D eigenvalue weighted by Crippen LogP contribution is 2.18. The number of anilines is 1. The number of hydrogen-bond donors (Lipinski definition) is 1. The summed E-state index contributed by atoms with van der Waals surface area (Å²) in [5, 5.41) is 8.47. The molecule has 2 N–H and O–H groups in total. The molecular formula is C9H16N4O2S. The molecule has 1 fully saturated rings. The fourth-order valence-corrected chi connectivity index (χ4v) is 2.04. The van der Waals surface area contributed by atoms with E-state index >= 15 is 0 Å². The number of hydrogen-bond acceptors (Lipinski definition) is 7. The molecule has 90 valence electrons. The summed E-state index contributed by atoms with van der Waals surface area (Å²) in [7, 11) is 0. The number of aromatic nitrogens is 2. The van der Waals surface area contributed by atoms with Crippen LogP contribution in [0.5, 0.6) is 5.19 Å². The topological polar surface area (TPSA) is 73.5 Å². The zero-order valence-corrected chi connectivity index (χ0v) is 9.91. The van der Waals surface area contributed by atoms with Crippen molar-refractivity contribution < 1.29 is 9.47 Å². The van der Waals surface area contributed by atoms with Gasteiger partial charge in [0.2, 0.25) is 5.13 Å². The zero-order chi connectivity index (χ0) is 11.2. The highest BCUT2D eigenvalue weighted by atomic mass is 32.1. The molecule has 0 amide bonds. The predicted octanol–water partition coefficient (Wildman–Crippen LogP) is 0.221. The predicted molar refractivity (Wildman–Crippen MR) is 61.7 cm³/mol. The lowest BCUT2D eigenvalue weighted by molar-refractivity contribution is 0.0358. The maximum Gasteiger partial charge on any atom is 0.295 e. The maximum atomic E-state index is 5.44. The third kappa shape index (κ3) is 3.58. The average Bonchev–Trinajstić information content (AvgIpc) is 2.72. The first-order chi connectivity index (χ1) is 7.84. The molecule has 0 radical (unpaired) electrons. The highest BCUT2D eigenvalue weighted by Gasteiger charge is 2.09. The van der Waals surface area contributed by atoms with Gasteiger partial charge in [0.15, 0.2) is 0 Å². The van der Waals surface area contributed by atoms with Gasteiger partial charge in [-0.25, -0.2) is 0 Å². The summed E-state index contributed by atoms with van der Waals surface area (Å²) in [6.45, 7) is 5.42. The molecule has 0 atom stereocenters. The minimum absolute atomic E-state index is 0.447. The second kappa shape index (κ2) is 5.97. The molecule has 0 aromatic carbocycles. The fraction of sp³-hybridized carbons (Fsp3) is 0.778. The van der Waals surface area contributed by atoms with E-state index in [2.05, 4.69) is 15.1 Å². The van der Waals surface area contributed by atoms with Gasteiger partial charge in [-0.1, -0.05) is 5.10 Å². The van der Waals surface area contributed by atoms with Gasteiger partial charge in [0.25, 0.3) is 5.19 Å². The number of rotatable bonds is 5. The van der Waals surface area contributed by atoms with Crippen LogP contribution in [0.3, 0.4) is 0 Å². The van der Waals surface area contributed by atoms with Crippen molar-refractivity contribution in [2.24, 2.45) is 0 Å². The van der Waals surface area contributed by atoms with Crippen LogP contribution < -0.4 is 10.5 Å². The molecule has 2 heterocycles. The van der Waals surface area contributed by atoms with Gasteiger partial charge in [0.05, 0.1) is 19.8 Å². The van der Waals surface area contributed by atoms with Gasteiger partial charge in [-0.05, 0) is 17.8 Å². The summed E-state index contributed by atoms with van der Waals surface area (Å²) >= 11 is 1.27. The monoisotopic (exact) mass is 244 g/mol. The average molecular weight is 244 g/mol. The minimum atomic E-state index is 0.447. The fourth-order valence-electron chi connectivity index (χ4n) is 1.55. The molecular weight excluding hydrogens is 228 g/mol. The van der Waals surface area contributed by atoms with Gasteiger partial charge in [-0.15, -0.1) is 5.10 Å². The SMILES string of the molecule is Nc1nnc(OCCCN2CCOCC2)s1. The Morgan fingerprint density at radius 2 is 2.19 bits per heavy atom. The molecule has 16 heavy (non-hydrogen) atoms. The quantitative estimate of drug-likeness (QED) is 0.747. The summed E-state index contributed by atoms with van der Waals surface area (Å²) in [4.78, 5) is 2.38. The Bertz CT molecular complexity index is 314. The maximum absolute atomic E-state index is 5.44. The van der Waals surface area contributed by atoms with Crippen LogP contribution in [0.4, 0.5) is 5.13 Å². The van der Waals surface area contributed by atoms with Crippen LogP contribution in [0.25, 0.3) is 0 Å². The van der Waals surface area contributed by atoms with Crippen molar-refractivity contribution in [3.63, 3.8) is 0 Å². The van der Waals surface area contributed by atoms with Gasteiger partial charge in [-0.2, -0.15) is 0 Å². The van der Waals surface area contributed by atoms with E-state index in [-0.39, 0.29) is 0 Å². The van der Waals surface area contributed by atoms with E-state index in [4.69, 9.17) is 15.2 Å². The molecule has 7 heteroatoms. The standard InChI is InChI=1S/C9H16N4O2S/c10-8-11-12-9(16-8)15-5-1-2-13-3-6-14-7-4-13/h1-7H2,(H2,10,11). The Morgan fingerprint density at radius 3 is 2.88 bits per heavy atom. The van der Waals surface area contributed by atoms with E-state index in [1.165, 1.54) is 11.3 Å². The molecule has 1 aromatic heterocycles. The second-order valence-electron chi connectivity index (χ2n) is 3.56. The lowest BCUT2D eigenvalue weighted by atomic mass is 10.3. The lowest BCUT2D eigenvalue weighted by Crippen LogP contribution is -2.37. The smallest absolute Gasteiger partial charge is 0.295 e. The first-order valence-corrected chi connectivity index (χ1v) is 6.18. The van der Waals surface area contributed by atoms with Gasteiger partial charge in [0, 0.05) is 19.6 Å². The Hall–Kier alpha value is -0.920. The summed E-state index contributed by atoms with van der Waals surface area (Å²) < 4.78 is 10.7. The lowest BCUT2D eigenvalue weighted by Gasteiger charge is -2.26. The van der Waals surface area contributed by atoms with E-state index in [0.717, 1.165) is 39.3 Å². The molecule has 0 aliphatic carbocycles. The Kier molecular flexibility index (Phi) is 4.32. The van der Waals surface area contributed by atoms with Gasteiger partial charge < -0.3 is 15.2 Å². The van der Waals surface area contributed by atoms with Crippen molar-refractivity contribution in [1.82, 2.24) is 15.1 Å². The van der Waals surface area contributed by atoms with E-state index < -0.39 is 0 Å². The molecule has 1 aliphatic heterocycles. The molecule has 1 aliphatic rings. The molecule has 6 nitrogen and oxygen atoms in total. The van der Waals surface area contributed by atoms with Crippen molar-refractivity contribution in [3.05, 3.63) is 0 Å². The van der Waals surface area contributed by atoms with Crippen molar-refractivity contribution in [2.75, 3.05) is 45.2 Å². The largest absolute Gasteiger partial charge is 0.469 e. The van der Waals surface area contributed by atoms with Crippen LogP contribution in [0.2, 0.25) is 0 Å². The van der Waals surface area contributed by atoms with E-state index in [0.29, 0.717) is 16.9 Å². The Balaban J connectivity index is 1.57. The summed E-state index contributed by atoms with van der Waals surface area (Å²) in [5.74, 6) is 0. The van der Waals surface area contributed by atoms with Gasteiger partial charge in [0.1, 0.15) is 0 Å². The van der Waals surface area contributed by atoms with Crippen molar-refractivity contribution in [2.45, 2.75) is 6.42 Å². The van der Waals surface area contributed by atoms with E-state index in [9.17, 15) is 0 Å².